The number of carbonyl (C=O) groups excluding carboxylic acids is 2. The second-order valence-corrected chi connectivity index (χ2v) is 5.24. The van der Waals surface area contributed by atoms with E-state index in [1.54, 1.807) is 0 Å². The number of furan rings is 1. The molecular weight excluding hydrogens is 360 g/mol. The summed E-state index contributed by atoms with van der Waals surface area (Å²) < 4.78 is 19.8. The minimum Gasteiger partial charge on any atom is -0.463 e. The SMILES string of the molecule is COCCNc1ccc([N+](=O)[O-])cc1C(=O)OCc1ccc(C(=O)OC)o1. The number of non-ortho nitro benzene ring substituents is 1. The summed E-state index contributed by atoms with van der Waals surface area (Å²) in [6.45, 7) is 0.527. The third-order valence-electron chi connectivity index (χ3n) is 3.45. The van der Waals surface area contributed by atoms with Crippen LogP contribution in [-0.2, 0) is 20.8 Å². The molecule has 0 fully saturated rings. The first-order valence-electron chi connectivity index (χ1n) is 7.81. The topological polar surface area (TPSA) is 130 Å². The van der Waals surface area contributed by atoms with Gasteiger partial charge >= 0.3 is 11.9 Å². The Morgan fingerprint density at radius 2 is 1.96 bits per heavy atom. The molecule has 2 aromatic rings. The second-order valence-electron chi connectivity index (χ2n) is 5.24. The van der Waals surface area contributed by atoms with Crippen LogP contribution in [0.4, 0.5) is 11.4 Å². The highest BCUT2D eigenvalue weighted by molar-refractivity contribution is 5.96. The van der Waals surface area contributed by atoms with E-state index in [1.165, 1.54) is 38.5 Å². The Bertz CT molecular complexity index is 830. The first-order chi connectivity index (χ1) is 13.0. The smallest absolute Gasteiger partial charge is 0.373 e. The Labute approximate surface area is 154 Å². The van der Waals surface area contributed by atoms with E-state index in [9.17, 15) is 19.7 Å². The molecule has 0 spiro atoms. The molecule has 0 amide bonds. The third-order valence-corrected chi connectivity index (χ3v) is 3.45. The first-order valence-corrected chi connectivity index (χ1v) is 7.81. The summed E-state index contributed by atoms with van der Waals surface area (Å²) in [5.74, 6) is -1.24. The van der Waals surface area contributed by atoms with Gasteiger partial charge in [-0.1, -0.05) is 0 Å². The van der Waals surface area contributed by atoms with Gasteiger partial charge in [-0.05, 0) is 18.2 Å². The third kappa shape index (κ3) is 5.28. The number of ether oxygens (including phenoxy) is 3. The van der Waals surface area contributed by atoms with E-state index in [2.05, 4.69) is 10.1 Å². The van der Waals surface area contributed by atoms with Crippen molar-refractivity contribution in [3.05, 3.63) is 57.5 Å². The lowest BCUT2D eigenvalue weighted by Gasteiger charge is -2.11. The molecule has 1 heterocycles. The summed E-state index contributed by atoms with van der Waals surface area (Å²) in [5, 5.41) is 13.9. The van der Waals surface area contributed by atoms with Crippen molar-refractivity contribution < 1.29 is 33.1 Å². The monoisotopic (exact) mass is 378 g/mol. The maximum atomic E-state index is 12.4. The molecule has 144 valence electrons. The molecule has 0 radical (unpaired) electrons. The van der Waals surface area contributed by atoms with Gasteiger partial charge in [0.05, 0.1) is 24.2 Å². The van der Waals surface area contributed by atoms with Crippen molar-refractivity contribution in [3.8, 4) is 0 Å². The van der Waals surface area contributed by atoms with E-state index in [0.717, 1.165) is 6.07 Å². The fourth-order valence-electron chi connectivity index (χ4n) is 2.14. The van der Waals surface area contributed by atoms with Crippen LogP contribution < -0.4 is 5.32 Å². The summed E-state index contributed by atoms with van der Waals surface area (Å²) in [5.41, 5.74) is 0.127. The summed E-state index contributed by atoms with van der Waals surface area (Å²) in [7, 11) is 2.74. The Morgan fingerprint density at radius 3 is 2.63 bits per heavy atom. The minimum atomic E-state index is -0.783. The minimum absolute atomic E-state index is 0.0000468. The van der Waals surface area contributed by atoms with Crippen LogP contribution in [-0.4, -0.2) is 44.2 Å². The van der Waals surface area contributed by atoms with Gasteiger partial charge < -0.3 is 23.9 Å². The van der Waals surface area contributed by atoms with Gasteiger partial charge in [0, 0.05) is 31.5 Å². The van der Waals surface area contributed by atoms with Crippen LogP contribution in [0.5, 0.6) is 0 Å². The normalized spacial score (nSPS) is 10.3. The van der Waals surface area contributed by atoms with Gasteiger partial charge in [0.25, 0.3) is 5.69 Å². The number of benzene rings is 1. The van der Waals surface area contributed by atoms with Crippen LogP contribution in [0, 0.1) is 10.1 Å². The zero-order valence-corrected chi connectivity index (χ0v) is 14.7. The average molecular weight is 378 g/mol. The van der Waals surface area contributed by atoms with Crippen molar-refractivity contribution in [1.29, 1.82) is 0 Å². The van der Waals surface area contributed by atoms with Crippen molar-refractivity contribution >= 4 is 23.3 Å². The highest BCUT2D eigenvalue weighted by atomic mass is 16.6. The maximum absolute atomic E-state index is 12.4. The Kier molecular flexibility index (Phi) is 6.89. The number of nitrogens with one attached hydrogen (secondary N) is 1. The van der Waals surface area contributed by atoms with E-state index in [0.29, 0.717) is 18.8 Å². The highest BCUT2D eigenvalue weighted by Gasteiger charge is 2.19. The van der Waals surface area contributed by atoms with Crippen molar-refractivity contribution in [3.63, 3.8) is 0 Å². The Balaban J connectivity index is 2.12. The van der Waals surface area contributed by atoms with Crippen molar-refractivity contribution in [2.45, 2.75) is 6.61 Å². The number of methoxy groups -OCH3 is 2. The van der Waals surface area contributed by atoms with E-state index in [4.69, 9.17) is 13.9 Å². The van der Waals surface area contributed by atoms with Crippen molar-refractivity contribution in [2.75, 3.05) is 32.7 Å². The number of rotatable bonds is 9. The molecule has 2 rings (SSSR count). The molecule has 1 aromatic carbocycles. The molecule has 10 nitrogen and oxygen atoms in total. The zero-order valence-electron chi connectivity index (χ0n) is 14.7. The molecule has 10 heteroatoms. The number of esters is 2. The number of carbonyl (C=O) groups is 2. The van der Waals surface area contributed by atoms with Gasteiger partial charge in [-0.15, -0.1) is 0 Å². The average Bonchev–Trinajstić information content (AvgIpc) is 3.14. The van der Waals surface area contributed by atoms with Crippen molar-refractivity contribution in [1.82, 2.24) is 0 Å². The van der Waals surface area contributed by atoms with Gasteiger partial charge in [0.15, 0.2) is 0 Å². The van der Waals surface area contributed by atoms with Crippen LogP contribution in [0.15, 0.2) is 34.7 Å². The van der Waals surface area contributed by atoms with Crippen LogP contribution in [0.3, 0.4) is 0 Å². The molecule has 0 saturated heterocycles. The lowest BCUT2D eigenvalue weighted by molar-refractivity contribution is -0.384. The van der Waals surface area contributed by atoms with Crippen molar-refractivity contribution in [2.24, 2.45) is 0 Å². The van der Waals surface area contributed by atoms with E-state index < -0.39 is 16.9 Å². The summed E-state index contributed by atoms with van der Waals surface area (Å²) >= 11 is 0. The molecule has 1 aromatic heterocycles. The van der Waals surface area contributed by atoms with Crippen LogP contribution in [0.2, 0.25) is 0 Å². The second kappa shape index (κ2) is 9.34. The van der Waals surface area contributed by atoms with Gasteiger partial charge in [-0.2, -0.15) is 0 Å². The summed E-state index contributed by atoms with van der Waals surface area (Å²) in [6, 6.07) is 6.68. The van der Waals surface area contributed by atoms with Gasteiger partial charge in [0.1, 0.15) is 12.4 Å². The zero-order chi connectivity index (χ0) is 19.8. The first kappa shape index (κ1) is 19.9. The molecule has 0 aliphatic heterocycles. The molecule has 0 atom stereocenters. The summed E-state index contributed by atoms with van der Waals surface area (Å²) in [6.07, 6.45) is 0. The quantitative estimate of drug-likeness (QED) is 0.302. The molecule has 0 unspecified atom stereocenters. The molecule has 0 aliphatic rings. The lowest BCUT2D eigenvalue weighted by atomic mass is 10.1. The fourth-order valence-corrected chi connectivity index (χ4v) is 2.14. The number of nitro benzene ring substituents is 1. The van der Waals surface area contributed by atoms with Crippen LogP contribution >= 0.6 is 0 Å². The predicted octanol–water partition coefficient (Wildman–Crippen LogP) is 2.39. The molecule has 0 aliphatic carbocycles. The maximum Gasteiger partial charge on any atom is 0.373 e. The standard InChI is InChI=1S/C17H18N2O8/c1-24-8-7-18-14-5-3-11(19(22)23)9-13(14)16(20)26-10-12-4-6-15(27-12)17(21)25-2/h3-6,9,18H,7-8,10H2,1-2H3. The van der Waals surface area contributed by atoms with E-state index >= 15 is 0 Å². The number of nitro groups is 1. The number of anilines is 1. The molecule has 0 saturated carbocycles. The predicted molar refractivity (Wildman–Crippen MR) is 92.6 cm³/mol. The number of hydrogen-bond donors (Lipinski definition) is 1. The number of nitrogens with zero attached hydrogens (tertiary/aromatic N) is 1. The summed E-state index contributed by atoms with van der Waals surface area (Å²) in [4.78, 5) is 34.1. The Hall–Kier alpha value is -3.40. The molecule has 1 N–H and O–H groups in total. The van der Waals surface area contributed by atoms with Gasteiger partial charge in [0.2, 0.25) is 5.76 Å². The molecule has 0 bridgehead atoms. The van der Waals surface area contributed by atoms with Gasteiger partial charge in [-0.3, -0.25) is 10.1 Å². The van der Waals surface area contributed by atoms with Crippen LogP contribution in [0.25, 0.3) is 0 Å². The van der Waals surface area contributed by atoms with Gasteiger partial charge in [-0.25, -0.2) is 9.59 Å². The fraction of sp³-hybridized carbons (Fsp3) is 0.294. The lowest BCUT2D eigenvalue weighted by Crippen LogP contribution is -2.13. The van der Waals surface area contributed by atoms with E-state index in [1.807, 2.05) is 0 Å². The number of hydrogen-bond acceptors (Lipinski definition) is 9. The molecular formula is C17H18N2O8. The largest absolute Gasteiger partial charge is 0.463 e. The molecule has 27 heavy (non-hydrogen) atoms. The van der Waals surface area contributed by atoms with Crippen LogP contribution in [0.1, 0.15) is 26.7 Å². The highest BCUT2D eigenvalue weighted by Crippen LogP contribution is 2.23. The van der Waals surface area contributed by atoms with E-state index in [-0.39, 0.29) is 29.4 Å². The Morgan fingerprint density at radius 1 is 1.19 bits per heavy atom.